The molecule has 0 saturated carbocycles. The summed E-state index contributed by atoms with van der Waals surface area (Å²) >= 11 is 0. The van der Waals surface area contributed by atoms with Gasteiger partial charge in [0.25, 0.3) is 10.1 Å². The number of benzene rings is 4. The van der Waals surface area contributed by atoms with E-state index in [0.29, 0.717) is 11.6 Å². The lowest BCUT2D eigenvalue weighted by Crippen LogP contribution is -2.39. The zero-order chi connectivity index (χ0) is 28.3. The fourth-order valence-electron chi connectivity index (χ4n) is 5.12. The molecule has 204 valence electrons. The molecule has 0 fully saturated rings. The lowest BCUT2D eigenvalue weighted by Gasteiger charge is -2.36. The summed E-state index contributed by atoms with van der Waals surface area (Å²) in [5.74, 6) is 0.952. The van der Waals surface area contributed by atoms with Crippen LogP contribution in [0.25, 0.3) is 22.7 Å². The average molecular weight is 563 g/mol. The van der Waals surface area contributed by atoms with Crippen LogP contribution in [0.4, 0.5) is 0 Å². The lowest BCUT2D eigenvalue weighted by atomic mass is 9.77. The molecular formula is C32H26N4O4S. The van der Waals surface area contributed by atoms with Gasteiger partial charge in [-0.3, -0.25) is 4.18 Å². The van der Waals surface area contributed by atoms with Gasteiger partial charge in [0.2, 0.25) is 5.82 Å². The highest BCUT2D eigenvalue weighted by Crippen LogP contribution is 2.43. The quantitative estimate of drug-likeness (QED) is 0.159. The second-order valence-electron chi connectivity index (χ2n) is 9.55. The highest BCUT2D eigenvalue weighted by atomic mass is 32.2. The first-order valence-corrected chi connectivity index (χ1v) is 14.8. The zero-order valence-electron chi connectivity index (χ0n) is 22.2. The Morgan fingerprint density at radius 2 is 1.29 bits per heavy atom. The number of nitrogens with zero attached hydrogens (tertiary/aromatic N) is 4. The van der Waals surface area contributed by atoms with Crippen LogP contribution in [0.5, 0.6) is 0 Å². The van der Waals surface area contributed by atoms with Crippen LogP contribution < -0.4 is 0 Å². The van der Waals surface area contributed by atoms with Crippen LogP contribution in [0.1, 0.15) is 22.3 Å². The Balaban J connectivity index is 1.53. The molecule has 4 aromatic carbocycles. The maximum absolute atomic E-state index is 11.4. The first-order chi connectivity index (χ1) is 20.0. The number of aromatic nitrogens is 4. The SMILES string of the molecule is CS(=O)(=O)OCc1ccc(-c2ccoc2-c2nnnn2C(c2ccccc2)(c2ccccc2)c2ccccc2)cc1. The normalized spacial score (nSPS) is 11.9. The number of hydrogen-bond donors (Lipinski definition) is 0. The first-order valence-electron chi connectivity index (χ1n) is 12.9. The Morgan fingerprint density at radius 3 is 1.80 bits per heavy atom. The Bertz CT molecular complexity index is 1760. The molecule has 6 rings (SSSR count). The summed E-state index contributed by atoms with van der Waals surface area (Å²) in [5, 5.41) is 13.2. The third-order valence-corrected chi connectivity index (χ3v) is 7.48. The fraction of sp³-hybridized carbons (Fsp3) is 0.0938. The topological polar surface area (TPSA) is 100 Å². The van der Waals surface area contributed by atoms with Crippen LogP contribution >= 0.6 is 0 Å². The van der Waals surface area contributed by atoms with Gasteiger partial charge in [-0.1, -0.05) is 115 Å². The maximum Gasteiger partial charge on any atom is 0.264 e. The molecule has 41 heavy (non-hydrogen) atoms. The van der Waals surface area contributed by atoms with Gasteiger partial charge in [-0.25, -0.2) is 4.68 Å². The van der Waals surface area contributed by atoms with E-state index in [4.69, 9.17) is 8.60 Å². The molecule has 0 unspecified atom stereocenters. The van der Waals surface area contributed by atoms with E-state index in [-0.39, 0.29) is 6.61 Å². The van der Waals surface area contributed by atoms with Gasteiger partial charge in [0.05, 0.1) is 19.1 Å². The summed E-state index contributed by atoms with van der Waals surface area (Å²) in [4.78, 5) is 0. The molecule has 0 aliphatic rings. The fourth-order valence-corrected chi connectivity index (χ4v) is 5.48. The molecule has 0 atom stereocenters. The number of tetrazole rings is 1. The first kappa shape index (κ1) is 26.4. The molecule has 9 heteroatoms. The molecule has 0 aliphatic heterocycles. The van der Waals surface area contributed by atoms with Crippen LogP contribution in [0.15, 0.2) is 132 Å². The van der Waals surface area contributed by atoms with E-state index >= 15 is 0 Å². The van der Waals surface area contributed by atoms with E-state index in [2.05, 4.69) is 51.9 Å². The van der Waals surface area contributed by atoms with Gasteiger partial charge >= 0.3 is 0 Å². The van der Waals surface area contributed by atoms with E-state index in [1.54, 1.807) is 6.26 Å². The monoisotopic (exact) mass is 562 g/mol. The van der Waals surface area contributed by atoms with Gasteiger partial charge in [-0.05, 0) is 44.3 Å². The largest absolute Gasteiger partial charge is 0.460 e. The van der Waals surface area contributed by atoms with Crippen LogP contribution in [0, 0.1) is 0 Å². The van der Waals surface area contributed by atoms with Gasteiger partial charge in [0, 0.05) is 5.56 Å². The van der Waals surface area contributed by atoms with Crippen molar-refractivity contribution in [1.82, 2.24) is 20.2 Å². The number of hydrogen-bond acceptors (Lipinski definition) is 7. The number of rotatable bonds is 9. The maximum atomic E-state index is 11.4. The van der Waals surface area contributed by atoms with E-state index < -0.39 is 15.7 Å². The summed E-state index contributed by atoms with van der Waals surface area (Å²) in [6.07, 6.45) is 2.64. The van der Waals surface area contributed by atoms with Crippen molar-refractivity contribution in [2.75, 3.05) is 6.26 Å². The summed E-state index contributed by atoms with van der Waals surface area (Å²) in [5.41, 5.74) is 4.40. The smallest absolute Gasteiger partial charge is 0.264 e. The minimum Gasteiger partial charge on any atom is -0.460 e. The van der Waals surface area contributed by atoms with Crippen molar-refractivity contribution in [2.45, 2.75) is 12.1 Å². The van der Waals surface area contributed by atoms with Gasteiger partial charge in [-0.2, -0.15) is 8.42 Å². The van der Waals surface area contributed by atoms with Crippen molar-refractivity contribution in [3.05, 3.63) is 150 Å². The minimum absolute atomic E-state index is 0.0383. The zero-order valence-corrected chi connectivity index (χ0v) is 23.0. The highest BCUT2D eigenvalue weighted by Gasteiger charge is 2.42. The van der Waals surface area contributed by atoms with Crippen LogP contribution in [0.2, 0.25) is 0 Å². The van der Waals surface area contributed by atoms with E-state index in [1.807, 2.05) is 89.6 Å². The molecule has 0 N–H and O–H groups in total. The lowest BCUT2D eigenvalue weighted by molar-refractivity contribution is 0.311. The summed E-state index contributed by atoms with van der Waals surface area (Å²) in [6.45, 7) is -0.0383. The third kappa shape index (κ3) is 5.08. The standard InChI is InChI=1S/C32H26N4O4S/c1-41(37,38)40-23-24-17-19-25(20-18-24)29-21-22-39-30(29)31-33-34-35-36(31)32(26-11-5-2-6-12-26,27-13-7-3-8-14-27)28-15-9-4-10-16-28/h2-22H,23H2,1H3. The van der Waals surface area contributed by atoms with E-state index in [9.17, 15) is 8.42 Å². The van der Waals surface area contributed by atoms with Gasteiger partial charge in [-0.15, -0.1) is 5.10 Å². The molecule has 2 aromatic heterocycles. The molecule has 8 nitrogen and oxygen atoms in total. The van der Waals surface area contributed by atoms with Gasteiger partial charge in [0.1, 0.15) is 5.54 Å². The predicted octanol–water partition coefficient (Wildman–Crippen LogP) is 5.92. The van der Waals surface area contributed by atoms with Crippen molar-refractivity contribution >= 4 is 10.1 Å². The van der Waals surface area contributed by atoms with Crippen LogP contribution in [-0.2, 0) is 26.4 Å². The second-order valence-corrected chi connectivity index (χ2v) is 11.2. The molecule has 6 aromatic rings. The molecule has 0 saturated heterocycles. The van der Waals surface area contributed by atoms with Crippen molar-refractivity contribution in [1.29, 1.82) is 0 Å². The average Bonchev–Trinajstić information content (AvgIpc) is 3.69. The van der Waals surface area contributed by atoms with Crippen LogP contribution in [-0.4, -0.2) is 34.9 Å². The minimum atomic E-state index is -3.54. The summed E-state index contributed by atoms with van der Waals surface area (Å²) in [6, 6.07) is 39.7. The predicted molar refractivity (Wildman–Crippen MR) is 155 cm³/mol. The van der Waals surface area contributed by atoms with Crippen molar-refractivity contribution < 1.29 is 17.0 Å². The van der Waals surface area contributed by atoms with Crippen molar-refractivity contribution in [2.24, 2.45) is 0 Å². The summed E-state index contributed by atoms with van der Waals surface area (Å²) in [7, 11) is -3.54. The molecule has 0 bridgehead atoms. The van der Waals surface area contributed by atoms with Gasteiger partial charge < -0.3 is 4.42 Å². The molecule has 0 aliphatic carbocycles. The van der Waals surface area contributed by atoms with E-state index in [0.717, 1.165) is 39.6 Å². The number of furan rings is 1. The molecule has 0 amide bonds. The van der Waals surface area contributed by atoms with Crippen molar-refractivity contribution in [3.8, 4) is 22.7 Å². The summed E-state index contributed by atoms with van der Waals surface area (Å²) < 4.78 is 35.6. The molecule has 0 radical (unpaired) electrons. The Kier molecular flexibility index (Phi) is 7.05. The Hall–Kier alpha value is -4.86. The molecule has 2 heterocycles. The van der Waals surface area contributed by atoms with Gasteiger partial charge in [0.15, 0.2) is 5.76 Å². The molecule has 0 spiro atoms. The van der Waals surface area contributed by atoms with Crippen LogP contribution in [0.3, 0.4) is 0 Å². The second kappa shape index (κ2) is 11.0. The highest BCUT2D eigenvalue weighted by molar-refractivity contribution is 7.85. The van der Waals surface area contributed by atoms with E-state index in [1.165, 1.54) is 0 Å². The van der Waals surface area contributed by atoms with Crippen molar-refractivity contribution in [3.63, 3.8) is 0 Å². The Morgan fingerprint density at radius 1 is 0.756 bits per heavy atom. The third-order valence-electron chi connectivity index (χ3n) is 6.93. The molecular weight excluding hydrogens is 536 g/mol. The Labute approximate surface area is 238 Å².